The Bertz CT molecular complexity index is 388. The van der Waals surface area contributed by atoms with E-state index >= 15 is 0 Å². The molecule has 18 heavy (non-hydrogen) atoms. The molecule has 5 nitrogen and oxygen atoms in total. The summed E-state index contributed by atoms with van der Waals surface area (Å²) in [5.41, 5.74) is 5.56. The van der Waals surface area contributed by atoms with Crippen LogP contribution < -0.4 is 5.73 Å². The van der Waals surface area contributed by atoms with Crippen molar-refractivity contribution in [3.8, 4) is 0 Å². The molecular weight excluding hydrogens is 228 g/mol. The molecule has 0 bridgehead atoms. The van der Waals surface area contributed by atoms with Crippen molar-refractivity contribution in [1.29, 1.82) is 0 Å². The summed E-state index contributed by atoms with van der Waals surface area (Å²) in [4.78, 5) is 13.9. The van der Waals surface area contributed by atoms with Crippen LogP contribution in [0.15, 0.2) is 12.3 Å². The van der Waals surface area contributed by atoms with Crippen LogP contribution in [0.25, 0.3) is 0 Å². The normalized spacial score (nSPS) is 17.6. The number of carbonyl (C=O) groups excluding carboxylic acids is 1. The molecular formula is C13H22N4O. The molecule has 1 aliphatic rings. The standard InChI is InChI=1S/C13H22N4O/c14-12-7-11-17(15-12)10-5-9-16-8-4-2-1-3-6-13(16)18/h7,11H,1-6,8-10H2,(H2,14,15). The molecule has 2 heterocycles. The van der Waals surface area contributed by atoms with Gasteiger partial charge < -0.3 is 10.6 Å². The van der Waals surface area contributed by atoms with Gasteiger partial charge in [-0.1, -0.05) is 12.8 Å². The molecule has 100 valence electrons. The maximum Gasteiger partial charge on any atom is 0.222 e. The molecule has 1 aromatic rings. The molecule has 1 aliphatic heterocycles. The highest BCUT2D eigenvalue weighted by atomic mass is 16.2. The number of carbonyl (C=O) groups is 1. The Morgan fingerprint density at radius 3 is 2.83 bits per heavy atom. The first-order valence-electron chi connectivity index (χ1n) is 6.82. The van der Waals surface area contributed by atoms with Crippen molar-refractivity contribution in [3.05, 3.63) is 12.3 Å². The van der Waals surface area contributed by atoms with Crippen LogP contribution in [0.1, 0.15) is 38.5 Å². The summed E-state index contributed by atoms with van der Waals surface area (Å²) in [6, 6.07) is 1.79. The Morgan fingerprint density at radius 2 is 2.06 bits per heavy atom. The lowest BCUT2D eigenvalue weighted by Gasteiger charge is -2.24. The molecule has 0 aromatic carbocycles. The number of amides is 1. The summed E-state index contributed by atoms with van der Waals surface area (Å²) < 4.78 is 1.84. The summed E-state index contributed by atoms with van der Waals surface area (Å²) in [5.74, 6) is 0.868. The highest BCUT2D eigenvalue weighted by Crippen LogP contribution is 2.12. The Labute approximate surface area is 108 Å². The third-order valence-electron chi connectivity index (χ3n) is 3.40. The second-order valence-corrected chi connectivity index (χ2v) is 4.90. The molecule has 0 unspecified atom stereocenters. The Hall–Kier alpha value is -1.52. The maximum absolute atomic E-state index is 11.9. The minimum absolute atomic E-state index is 0.315. The van der Waals surface area contributed by atoms with Crippen LogP contribution in [0.5, 0.6) is 0 Å². The lowest BCUT2D eigenvalue weighted by Crippen LogP contribution is -2.34. The molecule has 0 atom stereocenters. The largest absolute Gasteiger partial charge is 0.382 e. The first-order valence-corrected chi connectivity index (χ1v) is 6.82. The van der Waals surface area contributed by atoms with Gasteiger partial charge in [-0.05, 0) is 25.3 Å². The van der Waals surface area contributed by atoms with Crippen molar-refractivity contribution >= 4 is 11.7 Å². The van der Waals surface area contributed by atoms with Crippen molar-refractivity contribution in [3.63, 3.8) is 0 Å². The van der Waals surface area contributed by atoms with Crippen LogP contribution in [0.3, 0.4) is 0 Å². The highest BCUT2D eigenvalue weighted by molar-refractivity contribution is 5.76. The van der Waals surface area contributed by atoms with Gasteiger partial charge >= 0.3 is 0 Å². The minimum atomic E-state index is 0.315. The molecule has 0 spiro atoms. The van der Waals surface area contributed by atoms with E-state index in [0.717, 1.165) is 38.9 Å². The Kier molecular flexibility index (Phi) is 4.61. The summed E-state index contributed by atoms with van der Waals surface area (Å²) >= 11 is 0. The summed E-state index contributed by atoms with van der Waals surface area (Å²) in [7, 11) is 0. The van der Waals surface area contributed by atoms with Crippen molar-refractivity contribution in [2.75, 3.05) is 18.8 Å². The number of nitrogens with two attached hydrogens (primary N) is 1. The predicted octanol–water partition coefficient (Wildman–Crippen LogP) is 1.65. The molecule has 0 radical (unpaired) electrons. The third kappa shape index (κ3) is 3.75. The number of rotatable bonds is 4. The summed E-state index contributed by atoms with van der Waals surface area (Å²) in [6.07, 6.45) is 8.17. The molecule has 1 saturated heterocycles. The van der Waals surface area contributed by atoms with E-state index < -0.39 is 0 Å². The van der Waals surface area contributed by atoms with Gasteiger partial charge in [0, 0.05) is 32.3 Å². The van der Waals surface area contributed by atoms with E-state index in [2.05, 4.69) is 5.10 Å². The quantitative estimate of drug-likeness (QED) is 0.883. The SMILES string of the molecule is Nc1ccn(CCCN2CCCCCCC2=O)n1. The summed E-state index contributed by atoms with van der Waals surface area (Å²) in [5, 5.41) is 4.14. The number of aromatic nitrogens is 2. The van der Waals surface area contributed by atoms with E-state index in [1.807, 2.05) is 15.8 Å². The fourth-order valence-corrected chi connectivity index (χ4v) is 2.38. The van der Waals surface area contributed by atoms with Gasteiger partial charge in [-0.2, -0.15) is 5.10 Å². The number of hydrogen-bond donors (Lipinski definition) is 1. The van der Waals surface area contributed by atoms with Crippen LogP contribution in [-0.2, 0) is 11.3 Å². The van der Waals surface area contributed by atoms with Crippen LogP contribution >= 0.6 is 0 Å². The van der Waals surface area contributed by atoms with Gasteiger partial charge in [0.25, 0.3) is 0 Å². The Balaban J connectivity index is 1.75. The number of hydrogen-bond acceptors (Lipinski definition) is 3. The van der Waals surface area contributed by atoms with Gasteiger partial charge in [-0.25, -0.2) is 0 Å². The fourth-order valence-electron chi connectivity index (χ4n) is 2.38. The highest BCUT2D eigenvalue weighted by Gasteiger charge is 2.14. The second kappa shape index (κ2) is 6.42. The van der Waals surface area contributed by atoms with E-state index in [-0.39, 0.29) is 0 Å². The van der Waals surface area contributed by atoms with Gasteiger partial charge in [-0.3, -0.25) is 9.48 Å². The number of likely N-dealkylation sites (tertiary alicyclic amines) is 1. The van der Waals surface area contributed by atoms with E-state index in [4.69, 9.17) is 5.73 Å². The predicted molar refractivity (Wildman–Crippen MR) is 70.9 cm³/mol. The maximum atomic E-state index is 11.9. The van der Waals surface area contributed by atoms with Crippen molar-refractivity contribution in [1.82, 2.24) is 14.7 Å². The zero-order valence-corrected chi connectivity index (χ0v) is 10.8. The van der Waals surface area contributed by atoms with Crippen LogP contribution in [-0.4, -0.2) is 33.7 Å². The molecule has 0 saturated carbocycles. The molecule has 1 aromatic heterocycles. The average Bonchev–Trinajstić information content (AvgIpc) is 2.74. The van der Waals surface area contributed by atoms with E-state index in [0.29, 0.717) is 18.1 Å². The van der Waals surface area contributed by atoms with Crippen LogP contribution in [0, 0.1) is 0 Å². The van der Waals surface area contributed by atoms with Crippen molar-refractivity contribution in [2.24, 2.45) is 0 Å². The van der Waals surface area contributed by atoms with Gasteiger partial charge in [-0.15, -0.1) is 0 Å². The Morgan fingerprint density at radius 1 is 1.22 bits per heavy atom. The lowest BCUT2D eigenvalue weighted by molar-refractivity contribution is -0.131. The van der Waals surface area contributed by atoms with Crippen molar-refractivity contribution in [2.45, 2.75) is 45.1 Å². The van der Waals surface area contributed by atoms with E-state index in [1.54, 1.807) is 6.07 Å². The van der Waals surface area contributed by atoms with Crippen LogP contribution in [0.2, 0.25) is 0 Å². The van der Waals surface area contributed by atoms with E-state index in [9.17, 15) is 4.79 Å². The lowest BCUT2D eigenvalue weighted by atomic mass is 10.1. The van der Waals surface area contributed by atoms with Gasteiger partial charge in [0.05, 0.1) is 0 Å². The number of anilines is 1. The summed E-state index contributed by atoms with van der Waals surface area (Å²) in [6.45, 7) is 2.57. The van der Waals surface area contributed by atoms with E-state index in [1.165, 1.54) is 12.8 Å². The monoisotopic (exact) mass is 250 g/mol. The third-order valence-corrected chi connectivity index (χ3v) is 3.40. The second-order valence-electron chi connectivity index (χ2n) is 4.90. The zero-order chi connectivity index (χ0) is 12.8. The number of nitrogen functional groups attached to an aromatic ring is 1. The molecule has 2 rings (SSSR count). The molecule has 1 amide bonds. The molecule has 2 N–H and O–H groups in total. The first-order chi connectivity index (χ1) is 8.75. The topological polar surface area (TPSA) is 64.2 Å². The molecule has 1 fully saturated rings. The average molecular weight is 250 g/mol. The molecule has 5 heteroatoms. The smallest absolute Gasteiger partial charge is 0.222 e. The fraction of sp³-hybridized carbons (Fsp3) is 0.692. The molecule has 0 aliphatic carbocycles. The number of nitrogens with zero attached hydrogens (tertiary/aromatic N) is 3. The number of aryl methyl sites for hydroxylation is 1. The van der Waals surface area contributed by atoms with Gasteiger partial charge in [0.15, 0.2) is 0 Å². The van der Waals surface area contributed by atoms with Crippen molar-refractivity contribution < 1.29 is 4.79 Å². The zero-order valence-electron chi connectivity index (χ0n) is 10.8. The first kappa shape index (κ1) is 12.9. The van der Waals surface area contributed by atoms with Gasteiger partial charge in [0.1, 0.15) is 5.82 Å². The van der Waals surface area contributed by atoms with Crippen LogP contribution in [0.4, 0.5) is 5.82 Å². The minimum Gasteiger partial charge on any atom is -0.382 e. The van der Waals surface area contributed by atoms with Gasteiger partial charge in [0.2, 0.25) is 5.91 Å².